The smallest absolute Gasteiger partial charge is 0.0606 e. The largest absolute Gasteiger partial charge is 0.395 e. The van der Waals surface area contributed by atoms with Gasteiger partial charge in [-0.3, -0.25) is 0 Å². The fraction of sp³-hybridized carbons (Fsp3) is 0.538. The highest BCUT2D eigenvalue weighted by Crippen LogP contribution is 2.28. The Balaban J connectivity index is 2.95. The molecule has 1 aromatic rings. The van der Waals surface area contributed by atoms with Gasteiger partial charge in [0, 0.05) is 23.6 Å². The molecular formula is C13H21BrN2O. The Bertz CT molecular complexity index is 355. The molecule has 17 heavy (non-hydrogen) atoms. The van der Waals surface area contributed by atoms with Crippen molar-refractivity contribution in [1.82, 2.24) is 5.32 Å². The van der Waals surface area contributed by atoms with E-state index in [1.54, 1.807) is 0 Å². The summed E-state index contributed by atoms with van der Waals surface area (Å²) in [6, 6.07) is 6.71. The summed E-state index contributed by atoms with van der Waals surface area (Å²) in [5, 5.41) is 12.2. The number of hydrogen-bond acceptors (Lipinski definition) is 3. The van der Waals surface area contributed by atoms with Crippen LogP contribution in [0, 0.1) is 0 Å². The van der Waals surface area contributed by atoms with E-state index < -0.39 is 0 Å². The van der Waals surface area contributed by atoms with Gasteiger partial charge in [-0.1, -0.05) is 6.07 Å². The lowest BCUT2D eigenvalue weighted by Crippen LogP contribution is -2.33. The van der Waals surface area contributed by atoms with Crippen LogP contribution in [0.2, 0.25) is 0 Å². The predicted octanol–water partition coefficient (Wildman–Crippen LogP) is 2.38. The summed E-state index contributed by atoms with van der Waals surface area (Å²) in [4.78, 5) is 2.19. The Morgan fingerprint density at radius 3 is 2.59 bits per heavy atom. The van der Waals surface area contributed by atoms with Gasteiger partial charge in [0.15, 0.2) is 0 Å². The summed E-state index contributed by atoms with van der Waals surface area (Å²) in [7, 11) is 1.94. The second-order valence-electron chi connectivity index (χ2n) is 4.33. The Morgan fingerprint density at radius 1 is 1.41 bits per heavy atom. The van der Waals surface area contributed by atoms with Crippen LogP contribution in [0.15, 0.2) is 22.7 Å². The minimum atomic E-state index is 0.170. The number of halogens is 1. The van der Waals surface area contributed by atoms with Crippen LogP contribution in [0.5, 0.6) is 0 Å². The van der Waals surface area contributed by atoms with Gasteiger partial charge in [0.1, 0.15) is 0 Å². The molecular weight excluding hydrogens is 280 g/mol. The molecule has 0 aliphatic rings. The third-order valence-electron chi connectivity index (χ3n) is 2.67. The normalized spacial score (nSPS) is 10.9. The van der Waals surface area contributed by atoms with Crippen LogP contribution in [-0.4, -0.2) is 31.3 Å². The third kappa shape index (κ3) is 3.98. The maximum atomic E-state index is 9.11. The molecule has 1 rings (SSSR count). The first-order valence-corrected chi connectivity index (χ1v) is 6.70. The summed E-state index contributed by atoms with van der Waals surface area (Å²) >= 11 is 3.60. The van der Waals surface area contributed by atoms with Gasteiger partial charge in [0.05, 0.1) is 12.3 Å². The summed E-state index contributed by atoms with van der Waals surface area (Å²) < 4.78 is 1.08. The van der Waals surface area contributed by atoms with Crippen molar-refractivity contribution in [3.05, 3.63) is 28.2 Å². The van der Waals surface area contributed by atoms with E-state index in [9.17, 15) is 0 Å². The molecule has 0 amide bonds. The first-order chi connectivity index (χ1) is 8.10. The molecule has 2 N–H and O–H groups in total. The summed E-state index contributed by atoms with van der Waals surface area (Å²) in [5.74, 6) is 0. The molecule has 0 saturated heterocycles. The molecule has 0 aromatic heterocycles. The highest BCUT2D eigenvalue weighted by atomic mass is 79.9. The number of anilines is 1. The lowest BCUT2D eigenvalue weighted by Gasteiger charge is -2.29. The van der Waals surface area contributed by atoms with E-state index in [-0.39, 0.29) is 6.61 Å². The van der Waals surface area contributed by atoms with E-state index in [2.05, 4.69) is 58.2 Å². The molecule has 0 aliphatic carbocycles. The average Bonchev–Trinajstić information content (AvgIpc) is 2.27. The Labute approximate surface area is 112 Å². The monoisotopic (exact) mass is 300 g/mol. The standard InChI is InChI=1S/C13H21BrN2O/c1-10(2)16(6-7-17)13-5-4-11(9-15-3)8-12(13)14/h4-5,8,10,15,17H,6-7,9H2,1-3H3. The van der Waals surface area contributed by atoms with E-state index in [0.717, 1.165) is 16.7 Å². The third-order valence-corrected chi connectivity index (χ3v) is 3.30. The topological polar surface area (TPSA) is 35.5 Å². The van der Waals surface area contributed by atoms with Crippen molar-refractivity contribution in [1.29, 1.82) is 0 Å². The van der Waals surface area contributed by atoms with Gasteiger partial charge >= 0.3 is 0 Å². The zero-order chi connectivity index (χ0) is 12.8. The molecule has 0 unspecified atom stereocenters. The minimum absolute atomic E-state index is 0.170. The van der Waals surface area contributed by atoms with Crippen molar-refractivity contribution in [2.75, 3.05) is 25.1 Å². The number of nitrogens with one attached hydrogen (secondary N) is 1. The number of hydrogen-bond donors (Lipinski definition) is 2. The van der Waals surface area contributed by atoms with Gasteiger partial charge in [-0.2, -0.15) is 0 Å². The average molecular weight is 301 g/mol. The van der Waals surface area contributed by atoms with Gasteiger partial charge in [-0.15, -0.1) is 0 Å². The zero-order valence-electron chi connectivity index (χ0n) is 10.7. The first-order valence-electron chi connectivity index (χ1n) is 5.90. The van der Waals surface area contributed by atoms with Crippen LogP contribution >= 0.6 is 15.9 Å². The second kappa shape index (κ2) is 6.99. The molecule has 3 nitrogen and oxygen atoms in total. The number of benzene rings is 1. The van der Waals surface area contributed by atoms with E-state index in [1.807, 2.05) is 7.05 Å². The van der Waals surface area contributed by atoms with Crippen LogP contribution < -0.4 is 10.2 Å². The van der Waals surface area contributed by atoms with Crippen LogP contribution in [0.3, 0.4) is 0 Å². The lowest BCUT2D eigenvalue weighted by molar-refractivity contribution is 0.299. The number of aliphatic hydroxyl groups excluding tert-OH is 1. The molecule has 0 spiro atoms. The second-order valence-corrected chi connectivity index (χ2v) is 5.18. The van der Waals surface area contributed by atoms with Crippen molar-refractivity contribution in [2.45, 2.75) is 26.4 Å². The molecule has 0 aliphatic heterocycles. The highest BCUT2D eigenvalue weighted by Gasteiger charge is 2.13. The van der Waals surface area contributed by atoms with Crippen molar-refractivity contribution in [3.63, 3.8) is 0 Å². The maximum Gasteiger partial charge on any atom is 0.0606 e. The number of aliphatic hydroxyl groups is 1. The van der Waals surface area contributed by atoms with E-state index in [0.29, 0.717) is 12.6 Å². The van der Waals surface area contributed by atoms with E-state index in [1.165, 1.54) is 5.56 Å². The van der Waals surface area contributed by atoms with Gasteiger partial charge in [-0.25, -0.2) is 0 Å². The van der Waals surface area contributed by atoms with Crippen molar-refractivity contribution in [2.24, 2.45) is 0 Å². The van der Waals surface area contributed by atoms with Crippen molar-refractivity contribution in [3.8, 4) is 0 Å². The molecule has 0 bridgehead atoms. The van der Waals surface area contributed by atoms with Crippen molar-refractivity contribution >= 4 is 21.6 Å². The quantitative estimate of drug-likeness (QED) is 0.847. The number of nitrogens with zero attached hydrogens (tertiary/aromatic N) is 1. The lowest BCUT2D eigenvalue weighted by atomic mass is 10.1. The molecule has 4 heteroatoms. The Morgan fingerprint density at radius 2 is 2.12 bits per heavy atom. The van der Waals surface area contributed by atoms with Crippen LogP contribution in [-0.2, 0) is 6.54 Å². The SMILES string of the molecule is CNCc1ccc(N(CCO)C(C)C)c(Br)c1. The maximum absolute atomic E-state index is 9.11. The van der Waals surface area contributed by atoms with Crippen LogP contribution in [0.1, 0.15) is 19.4 Å². The van der Waals surface area contributed by atoms with Crippen LogP contribution in [0.4, 0.5) is 5.69 Å². The molecule has 0 saturated carbocycles. The predicted molar refractivity (Wildman–Crippen MR) is 76.5 cm³/mol. The minimum Gasteiger partial charge on any atom is -0.395 e. The summed E-state index contributed by atoms with van der Waals surface area (Å²) in [5.41, 5.74) is 2.38. The molecule has 0 heterocycles. The number of rotatable bonds is 6. The Kier molecular flexibility index (Phi) is 5.95. The van der Waals surface area contributed by atoms with Gasteiger partial charge < -0.3 is 15.3 Å². The fourth-order valence-corrected chi connectivity index (χ4v) is 2.52. The summed E-state index contributed by atoms with van der Waals surface area (Å²) in [6.07, 6.45) is 0. The molecule has 0 atom stereocenters. The fourth-order valence-electron chi connectivity index (χ4n) is 1.86. The molecule has 1 aromatic carbocycles. The highest BCUT2D eigenvalue weighted by molar-refractivity contribution is 9.10. The van der Waals surface area contributed by atoms with E-state index in [4.69, 9.17) is 5.11 Å². The van der Waals surface area contributed by atoms with Gasteiger partial charge in [0.25, 0.3) is 0 Å². The van der Waals surface area contributed by atoms with Crippen LogP contribution in [0.25, 0.3) is 0 Å². The van der Waals surface area contributed by atoms with Gasteiger partial charge in [-0.05, 0) is 54.5 Å². The van der Waals surface area contributed by atoms with Gasteiger partial charge in [0.2, 0.25) is 0 Å². The first kappa shape index (κ1) is 14.5. The molecule has 96 valence electrons. The van der Waals surface area contributed by atoms with Crippen molar-refractivity contribution < 1.29 is 5.11 Å². The molecule has 0 radical (unpaired) electrons. The van der Waals surface area contributed by atoms with E-state index >= 15 is 0 Å². The Hall–Kier alpha value is -0.580. The molecule has 0 fully saturated rings. The zero-order valence-corrected chi connectivity index (χ0v) is 12.3. The summed E-state index contributed by atoms with van der Waals surface area (Å²) in [6.45, 7) is 5.94.